The zero-order valence-electron chi connectivity index (χ0n) is 20.9. The molecule has 1 unspecified atom stereocenters. The van der Waals surface area contributed by atoms with E-state index >= 15 is 0 Å². The molecular formula is C27H33N5O4. The van der Waals surface area contributed by atoms with Gasteiger partial charge in [-0.15, -0.1) is 0 Å². The van der Waals surface area contributed by atoms with E-state index in [1.165, 1.54) is 6.92 Å². The number of nitrogens with zero attached hydrogens (tertiary/aromatic N) is 4. The molecule has 0 spiro atoms. The van der Waals surface area contributed by atoms with Crippen molar-refractivity contribution in [3.05, 3.63) is 54.8 Å². The van der Waals surface area contributed by atoms with Crippen LogP contribution in [0.2, 0.25) is 0 Å². The highest BCUT2D eigenvalue weighted by atomic mass is 16.4. The lowest BCUT2D eigenvalue weighted by atomic mass is 9.98. The first-order chi connectivity index (χ1) is 17.4. The van der Waals surface area contributed by atoms with Crippen molar-refractivity contribution in [3.8, 4) is 17.0 Å². The fourth-order valence-corrected chi connectivity index (χ4v) is 4.25. The molecule has 1 N–H and O–H groups in total. The smallest absolute Gasteiger partial charge is 0.227 e. The number of benzene rings is 1. The fourth-order valence-electron chi connectivity index (χ4n) is 4.25. The summed E-state index contributed by atoms with van der Waals surface area (Å²) in [5.41, 5.74) is 1.82. The largest absolute Gasteiger partial charge is 0.438 e. The molecule has 0 radical (unpaired) electrons. The Morgan fingerprint density at radius 1 is 1.14 bits per heavy atom. The summed E-state index contributed by atoms with van der Waals surface area (Å²) >= 11 is 0. The molecule has 3 aromatic rings. The molecule has 0 aliphatic carbocycles. The third-order valence-electron chi connectivity index (χ3n) is 6.60. The quantitative estimate of drug-likeness (QED) is 0.382. The van der Waals surface area contributed by atoms with Gasteiger partial charge in [-0.25, -0.2) is 9.67 Å². The van der Waals surface area contributed by atoms with Crippen molar-refractivity contribution in [1.82, 2.24) is 25.0 Å². The number of unbranched alkanes of at least 4 members (excludes halogenated alkanes) is 2. The van der Waals surface area contributed by atoms with E-state index in [4.69, 9.17) is 4.42 Å². The molecule has 190 valence electrons. The second-order valence-corrected chi connectivity index (χ2v) is 9.23. The van der Waals surface area contributed by atoms with Crippen molar-refractivity contribution in [2.24, 2.45) is 5.92 Å². The molecule has 0 saturated carbocycles. The fraction of sp³-hybridized carbons (Fsp3) is 0.444. The molecule has 9 nitrogen and oxygen atoms in total. The minimum Gasteiger partial charge on any atom is -0.438 e. The molecular weight excluding hydrogens is 458 g/mol. The Morgan fingerprint density at radius 3 is 2.58 bits per heavy atom. The lowest BCUT2D eigenvalue weighted by molar-refractivity contribution is -0.141. The van der Waals surface area contributed by atoms with Crippen LogP contribution < -0.4 is 5.32 Å². The van der Waals surface area contributed by atoms with E-state index in [0.29, 0.717) is 44.0 Å². The molecule has 9 heteroatoms. The van der Waals surface area contributed by atoms with Crippen molar-refractivity contribution in [2.75, 3.05) is 13.1 Å². The average molecular weight is 492 g/mol. The Labute approximate surface area is 210 Å². The van der Waals surface area contributed by atoms with Gasteiger partial charge in [-0.3, -0.25) is 14.4 Å². The van der Waals surface area contributed by atoms with E-state index in [2.05, 4.69) is 15.4 Å². The number of Topliss-reactive ketones (excluding diaryl/α,β-unsaturated/α-hetero) is 1. The van der Waals surface area contributed by atoms with Crippen LogP contribution in [0.15, 0.2) is 53.3 Å². The molecule has 1 atom stereocenters. The van der Waals surface area contributed by atoms with Crippen molar-refractivity contribution >= 4 is 17.6 Å². The Balaban J connectivity index is 1.41. The number of oxazole rings is 1. The third kappa shape index (κ3) is 6.27. The summed E-state index contributed by atoms with van der Waals surface area (Å²) in [6.07, 6.45) is 9.67. The highest BCUT2D eigenvalue weighted by Gasteiger charge is 2.35. The van der Waals surface area contributed by atoms with Gasteiger partial charge in [-0.2, -0.15) is 5.10 Å². The van der Waals surface area contributed by atoms with Gasteiger partial charge in [0.05, 0.1) is 17.8 Å². The third-order valence-corrected chi connectivity index (χ3v) is 6.60. The Kier molecular flexibility index (Phi) is 8.30. The maximum atomic E-state index is 12.8. The van der Waals surface area contributed by atoms with Crippen LogP contribution >= 0.6 is 0 Å². The monoisotopic (exact) mass is 491 g/mol. The zero-order valence-corrected chi connectivity index (χ0v) is 20.9. The Bertz CT molecular complexity index is 1160. The van der Waals surface area contributed by atoms with Crippen molar-refractivity contribution < 1.29 is 18.8 Å². The topological polar surface area (TPSA) is 110 Å². The van der Waals surface area contributed by atoms with Gasteiger partial charge >= 0.3 is 0 Å². The Hall–Kier alpha value is -3.75. The number of carbonyl (C=O) groups excluding carboxylic acids is 3. The number of nitrogens with one attached hydrogen (secondary N) is 1. The number of rotatable bonds is 12. The van der Waals surface area contributed by atoms with E-state index < -0.39 is 0 Å². The van der Waals surface area contributed by atoms with Crippen LogP contribution in [0.3, 0.4) is 0 Å². The second-order valence-electron chi connectivity index (χ2n) is 9.23. The highest BCUT2D eigenvalue weighted by molar-refractivity contribution is 5.83. The number of amides is 2. The molecule has 0 bridgehead atoms. The maximum absolute atomic E-state index is 12.8. The predicted octanol–water partition coefficient (Wildman–Crippen LogP) is 4.09. The molecule has 3 heterocycles. The summed E-state index contributed by atoms with van der Waals surface area (Å²) in [6.45, 7) is 4.27. The molecule has 4 rings (SSSR count). The molecule has 1 saturated heterocycles. The molecule has 1 aliphatic rings. The van der Waals surface area contributed by atoms with Gasteiger partial charge in [0, 0.05) is 50.8 Å². The van der Waals surface area contributed by atoms with Gasteiger partial charge in [-0.05, 0) is 43.2 Å². The molecule has 2 aromatic heterocycles. The van der Waals surface area contributed by atoms with Gasteiger partial charge in [0.15, 0.2) is 5.76 Å². The molecule has 1 fully saturated rings. The number of hydrogen-bond acceptors (Lipinski definition) is 6. The summed E-state index contributed by atoms with van der Waals surface area (Å²) in [4.78, 5) is 42.0. The van der Waals surface area contributed by atoms with Crippen LogP contribution in [0, 0.1) is 5.92 Å². The summed E-state index contributed by atoms with van der Waals surface area (Å²) in [5.74, 6) is 1.02. The molecule has 2 amide bonds. The molecule has 1 aromatic carbocycles. The summed E-state index contributed by atoms with van der Waals surface area (Å²) in [6, 6.07) is 9.31. The number of carbonyl (C=O) groups is 3. The van der Waals surface area contributed by atoms with E-state index in [1.807, 2.05) is 43.5 Å². The van der Waals surface area contributed by atoms with Crippen LogP contribution in [0.4, 0.5) is 0 Å². The predicted molar refractivity (Wildman–Crippen MR) is 134 cm³/mol. The van der Waals surface area contributed by atoms with Crippen LogP contribution in [0.1, 0.15) is 64.3 Å². The first-order valence-electron chi connectivity index (χ1n) is 12.6. The highest BCUT2D eigenvalue weighted by Crippen LogP contribution is 2.27. The van der Waals surface area contributed by atoms with Gasteiger partial charge in [0.25, 0.3) is 0 Å². The number of aromatic nitrogens is 3. The summed E-state index contributed by atoms with van der Waals surface area (Å²) in [5, 5.41) is 7.33. The van der Waals surface area contributed by atoms with Gasteiger partial charge in [-0.1, -0.05) is 19.8 Å². The lowest BCUT2D eigenvalue weighted by Gasteiger charge is -2.38. The minimum atomic E-state index is -0.372. The number of hydrogen-bond donors (Lipinski definition) is 1. The molecule has 36 heavy (non-hydrogen) atoms. The zero-order chi connectivity index (χ0) is 25.5. The normalized spacial score (nSPS) is 14.3. The van der Waals surface area contributed by atoms with Crippen LogP contribution in [0.5, 0.6) is 0 Å². The van der Waals surface area contributed by atoms with Crippen molar-refractivity contribution in [3.63, 3.8) is 0 Å². The molecule has 1 aliphatic heterocycles. The van der Waals surface area contributed by atoms with Gasteiger partial charge in [0.1, 0.15) is 11.8 Å². The standard InChI is InChI=1S/C27H33N5O4/c1-3-23(34)8-5-4-6-9-24(30-26(35)21-17-31(18-21)19(2)33)27-28-16-25(36-27)20-10-12-22(13-11-20)32-15-7-14-29-32/h7,10-16,21,24H,3-6,8-9,17-18H2,1-2H3,(H,30,35). The first kappa shape index (κ1) is 25.3. The second kappa shape index (κ2) is 11.8. The van der Waals surface area contributed by atoms with Crippen LogP contribution in [-0.4, -0.2) is 50.4 Å². The number of likely N-dealkylation sites (tertiary alicyclic amines) is 1. The average Bonchev–Trinajstić information content (AvgIpc) is 3.54. The minimum absolute atomic E-state index is 0.0202. The maximum Gasteiger partial charge on any atom is 0.227 e. The van der Waals surface area contributed by atoms with E-state index in [0.717, 1.165) is 30.5 Å². The van der Waals surface area contributed by atoms with E-state index in [1.54, 1.807) is 22.0 Å². The first-order valence-corrected chi connectivity index (χ1v) is 12.6. The van der Waals surface area contributed by atoms with E-state index in [9.17, 15) is 14.4 Å². The number of ketones is 1. The van der Waals surface area contributed by atoms with Crippen molar-refractivity contribution in [1.29, 1.82) is 0 Å². The van der Waals surface area contributed by atoms with Crippen LogP contribution in [-0.2, 0) is 14.4 Å². The van der Waals surface area contributed by atoms with E-state index in [-0.39, 0.29) is 29.6 Å². The summed E-state index contributed by atoms with van der Waals surface area (Å²) < 4.78 is 7.88. The van der Waals surface area contributed by atoms with Crippen LogP contribution in [0.25, 0.3) is 17.0 Å². The van der Waals surface area contributed by atoms with Gasteiger partial charge < -0.3 is 14.6 Å². The van der Waals surface area contributed by atoms with Gasteiger partial charge in [0.2, 0.25) is 17.7 Å². The lowest BCUT2D eigenvalue weighted by Crippen LogP contribution is -2.55. The SMILES string of the molecule is CCC(=O)CCCCCC(NC(=O)C1CN(C(C)=O)C1)c1ncc(-c2ccc(-n3cccn3)cc2)o1. The summed E-state index contributed by atoms with van der Waals surface area (Å²) in [7, 11) is 0. The Morgan fingerprint density at radius 2 is 1.92 bits per heavy atom. The van der Waals surface area contributed by atoms with Crippen molar-refractivity contribution in [2.45, 2.75) is 58.4 Å².